The molecule has 0 saturated carbocycles. The third-order valence-electron chi connectivity index (χ3n) is 2.62. The minimum atomic E-state index is 0.0710. The number of rotatable bonds is 4. The largest absolute Gasteiger partial charge is 0.439 e. The maximum absolute atomic E-state index is 6.14. The Morgan fingerprint density at radius 2 is 2.17 bits per heavy atom. The van der Waals surface area contributed by atoms with Gasteiger partial charge in [-0.15, -0.1) is 0 Å². The molecular weight excluding hydrogens is 271 g/mol. The molecule has 1 unspecified atom stereocenters. The first-order chi connectivity index (χ1) is 8.63. The molecule has 2 aromatic rings. The van der Waals surface area contributed by atoms with Gasteiger partial charge in [0.2, 0.25) is 5.89 Å². The molecule has 18 heavy (non-hydrogen) atoms. The van der Waals surface area contributed by atoms with Crippen molar-refractivity contribution in [2.24, 2.45) is 0 Å². The van der Waals surface area contributed by atoms with Crippen molar-refractivity contribution in [3.05, 3.63) is 40.3 Å². The van der Waals surface area contributed by atoms with E-state index in [1.807, 2.05) is 26.0 Å². The van der Waals surface area contributed by atoms with Gasteiger partial charge in [-0.1, -0.05) is 36.2 Å². The lowest BCUT2D eigenvalue weighted by molar-refractivity contribution is 0.429. The van der Waals surface area contributed by atoms with Crippen LogP contribution < -0.4 is 5.32 Å². The predicted molar refractivity (Wildman–Crippen MR) is 74.1 cm³/mol. The Morgan fingerprint density at radius 3 is 2.89 bits per heavy atom. The fourth-order valence-electron chi connectivity index (χ4n) is 1.70. The van der Waals surface area contributed by atoms with Crippen LogP contribution in [0.2, 0.25) is 10.0 Å². The third-order valence-corrected chi connectivity index (χ3v) is 3.44. The predicted octanol–water partition coefficient (Wildman–Crippen LogP) is 4.32. The van der Waals surface area contributed by atoms with Gasteiger partial charge in [-0.05, 0) is 25.6 Å². The summed E-state index contributed by atoms with van der Waals surface area (Å²) in [6, 6.07) is 5.50. The van der Waals surface area contributed by atoms with Crippen molar-refractivity contribution in [3.8, 4) is 11.3 Å². The van der Waals surface area contributed by atoms with E-state index >= 15 is 0 Å². The number of oxazole rings is 1. The molecule has 0 spiro atoms. The van der Waals surface area contributed by atoms with Crippen LogP contribution >= 0.6 is 23.2 Å². The molecule has 1 N–H and O–H groups in total. The number of nitrogens with one attached hydrogen (secondary N) is 1. The van der Waals surface area contributed by atoms with E-state index in [9.17, 15) is 0 Å². The first kappa shape index (κ1) is 13.4. The highest BCUT2D eigenvalue weighted by Crippen LogP contribution is 2.34. The number of hydrogen-bond acceptors (Lipinski definition) is 3. The smallest absolute Gasteiger partial charge is 0.211 e. The van der Waals surface area contributed by atoms with Crippen molar-refractivity contribution in [2.75, 3.05) is 6.54 Å². The maximum atomic E-state index is 6.14. The zero-order valence-corrected chi connectivity index (χ0v) is 11.7. The zero-order valence-electron chi connectivity index (χ0n) is 10.2. The first-order valence-corrected chi connectivity index (χ1v) is 6.52. The summed E-state index contributed by atoms with van der Waals surface area (Å²) < 4.78 is 5.70. The molecule has 5 heteroatoms. The Bertz CT molecular complexity index is 540. The third kappa shape index (κ3) is 2.69. The summed E-state index contributed by atoms with van der Waals surface area (Å²) in [5, 5.41) is 4.23. The summed E-state index contributed by atoms with van der Waals surface area (Å²) >= 11 is 12.1. The lowest BCUT2D eigenvalue weighted by atomic mass is 10.2. The van der Waals surface area contributed by atoms with Gasteiger partial charge in [-0.2, -0.15) is 0 Å². The fourth-order valence-corrected chi connectivity index (χ4v) is 2.09. The summed E-state index contributed by atoms with van der Waals surface area (Å²) in [6.45, 7) is 4.89. The normalized spacial score (nSPS) is 12.7. The van der Waals surface area contributed by atoms with E-state index in [0.717, 1.165) is 12.1 Å². The molecule has 1 heterocycles. The van der Waals surface area contributed by atoms with Crippen molar-refractivity contribution < 1.29 is 4.42 Å². The molecule has 1 atom stereocenters. The average Bonchev–Trinajstić information content (AvgIpc) is 2.82. The molecule has 96 valence electrons. The van der Waals surface area contributed by atoms with Gasteiger partial charge in [-0.3, -0.25) is 0 Å². The molecule has 1 aromatic carbocycles. The number of nitrogens with zero attached hydrogens (tertiary/aromatic N) is 1. The Balaban J connectivity index is 2.32. The molecule has 1 aromatic heterocycles. The van der Waals surface area contributed by atoms with Gasteiger partial charge in [0.1, 0.15) is 0 Å². The van der Waals surface area contributed by atoms with Crippen molar-refractivity contribution in [1.82, 2.24) is 10.3 Å². The standard InChI is InChI=1S/C13H14Cl2N2O/c1-3-16-8(2)13-17-7-11(18-13)9-5-4-6-10(14)12(9)15/h4-8,16H,3H2,1-2H3. The summed E-state index contributed by atoms with van der Waals surface area (Å²) in [5.41, 5.74) is 0.756. The van der Waals surface area contributed by atoms with Crippen LogP contribution in [0.1, 0.15) is 25.8 Å². The Kier molecular flexibility index (Phi) is 4.27. The summed E-state index contributed by atoms with van der Waals surface area (Å²) in [7, 11) is 0. The van der Waals surface area contributed by atoms with E-state index in [-0.39, 0.29) is 6.04 Å². The van der Waals surface area contributed by atoms with Gasteiger partial charge in [0.25, 0.3) is 0 Å². The van der Waals surface area contributed by atoms with Crippen LogP contribution in [0.4, 0.5) is 0 Å². The molecule has 0 aliphatic rings. The second kappa shape index (κ2) is 5.74. The topological polar surface area (TPSA) is 38.1 Å². The van der Waals surface area contributed by atoms with Gasteiger partial charge in [0.15, 0.2) is 5.76 Å². The molecule has 3 nitrogen and oxygen atoms in total. The van der Waals surface area contributed by atoms with Crippen molar-refractivity contribution in [1.29, 1.82) is 0 Å². The number of aromatic nitrogens is 1. The maximum Gasteiger partial charge on any atom is 0.211 e. The molecule has 0 bridgehead atoms. The van der Waals surface area contributed by atoms with E-state index in [0.29, 0.717) is 21.7 Å². The molecule has 0 aliphatic heterocycles. The highest BCUT2D eigenvalue weighted by molar-refractivity contribution is 6.43. The first-order valence-electron chi connectivity index (χ1n) is 5.77. The second-order valence-corrected chi connectivity index (χ2v) is 4.73. The summed E-state index contributed by atoms with van der Waals surface area (Å²) in [5.74, 6) is 1.27. The second-order valence-electron chi connectivity index (χ2n) is 3.94. The Morgan fingerprint density at radius 1 is 1.39 bits per heavy atom. The molecule has 0 amide bonds. The molecule has 2 rings (SSSR count). The zero-order chi connectivity index (χ0) is 13.1. The summed E-state index contributed by atoms with van der Waals surface area (Å²) in [4.78, 5) is 4.25. The van der Waals surface area contributed by atoms with E-state index in [4.69, 9.17) is 27.6 Å². The number of hydrogen-bond donors (Lipinski definition) is 1. The fraction of sp³-hybridized carbons (Fsp3) is 0.308. The molecule has 0 radical (unpaired) electrons. The van der Waals surface area contributed by atoms with Gasteiger partial charge >= 0.3 is 0 Å². The van der Waals surface area contributed by atoms with Crippen molar-refractivity contribution in [2.45, 2.75) is 19.9 Å². The van der Waals surface area contributed by atoms with E-state index < -0.39 is 0 Å². The van der Waals surface area contributed by atoms with Gasteiger partial charge in [-0.25, -0.2) is 4.98 Å². The molecule has 0 fully saturated rings. The SMILES string of the molecule is CCNC(C)c1ncc(-c2cccc(Cl)c2Cl)o1. The lowest BCUT2D eigenvalue weighted by Crippen LogP contribution is -2.17. The molecule has 0 saturated heterocycles. The monoisotopic (exact) mass is 284 g/mol. The Hall–Kier alpha value is -1.03. The number of benzene rings is 1. The van der Waals surface area contributed by atoms with Crippen LogP contribution in [0.5, 0.6) is 0 Å². The molecule has 0 aliphatic carbocycles. The van der Waals surface area contributed by atoms with Crippen LogP contribution in [-0.4, -0.2) is 11.5 Å². The summed E-state index contributed by atoms with van der Waals surface area (Å²) in [6.07, 6.45) is 1.67. The van der Waals surface area contributed by atoms with Crippen LogP contribution in [0.25, 0.3) is 11.3 Å². The Labute approximate surface area is 116 Å². The van der Waals surface area contributed by atoms with Gasteiger partial charge in [0, 0.05) is 5.56 Å². The highest BCUT2D eigenvalue weighted by Gasteiger charge is 2.15. The average molecular weight is 285 g/mol. The van der Waals surface area contributed by atoms with Crippen LogP contribution in [0.3, 0.4) is 0 Å². The van der Waals surface area contributed by atoms with Crippen LogP contribution in [0, 0.1) is 0 Å². The van der Waals surface area contributed by atoms with Gasteiger partial charge < -0.3 is 9.73 Å². The van der Waals surface area contributed by atoms with Crippen molar-refractivity contribution in [3.63, 3.8) is 0 Å². The molecular formula is C13H14Cl2N2O. The lowest BCUT2D eigenvalue weighted by Gasteiger charge is -2.07. The minimum Gasteiger partial charge on any atom is -0.439 e. The highest BCUT2D eigenvalue weighted by atomic mass is 35.5. The van der Waals surface area contributed by atoms with E-state index in [2.05, 4.69) is 10.3 Å². The minimum absolute atomic E-state index is 0.0710. The van der Waals surface area contributed by atoms with E-state index in [1.54, 1.807) is 12.3 Å². The van der Waals surface area contributed by atoms with Crippen molar-refractivity contribution >= 4 is 23.2 Å². The van der Waals surface area contributed by atoms with Crippen LogP contribution in [0.15, 0.2) is 28.8 Å². The quantitative estimate of drug-likeness (QED) is 0.909. The number of halogens is 2. The van der Waals surface area contributed by atoms with E-state index in [1.165, 1.54) is 0 Å². The van der Waals surface area contributed by atoms with Crippen LogP contribution in [-0.2, 0) is 0 Å². The van der Waals surface area contributed by atoms with Gasteiger partial charge in [0.05, 0.1) is 22.3 Å².